The molecule has 4 heteroatoms. The predicted octanol–water partition coefficient (Wildman–Crippen LogP) is 2.58. The summed E-state index contributed by atoms with van der Waals surface area (Å²) in [7, 11) is 0. The minimum Gasteiger partial charge on any atom is -0.463 e. The quantitative estimate of drug-likeness (QED) is 0.325. The molecule has 0 amide bonds. The molecular weight excluding hydrogens is 244 g/mol. The van der Waals surface area contributed by atoms with Gasteiger partial charge in [0, 0.05) is 6.42 Å². The third-order valence-electron chi connectivity index (χ3n) is 2.96. The van der Waals surface area contributed by atoms with E-state index in [0.29, 0.717) is 12.8 Å². The highest BCUT2D eigenvalue weighted by molar-refractivity contribution is 5.69. The number of hydrogen-bond acceptors (Lipinski definition) is 4. The average Bonchev–Trinajstić information content (AvgIpc) is 2.42. The minimum absolute atomic E-state index is 0.140. The number of hydrogen-bond donors (Lipinski definition) is 2. The molecule has 1 unspecified atom stereocenters. The third-order valence-corrected chi connectivity index (χ3v) is 2.96. The molecule has 2 N–H and O–H groups in total. The number of rotatable bonds is 12. The lowest BCUT2D eigenvalue weighted by Crippen LogP contribution is -2.21. The number of aliphatic hydroxyl groups is 2. The maximum absolute atomic E-state index is 11.3. The summed E-state index contributed by atoms with van der Waals surface area (Å²) in [5.41, 5.74) is 1.08. The molecule has 0 bridgehead atoms. The van der Waals surface area contributed by atoms with E-state index in [1.807, 2.05) is 0 Å². The number of carbonyl (C=O) groups excluding carboxylic acids is 1. The Bertz CT molecular complexity index is 251. The summed E-state index contributed by atoms with van der Waals surface area (Å²) in [5.74, 6) is -0.348. The number of aliphatic hydroxyl groups excluding tert-OH is 2. The van der Waals surface area contributed by atoms with Gasteiger partial charge in [-0.05, 0) is 19.3 Å². The molecule has 0 aromatic carbocycles. The van der Waals surface area contributed by atoms with E-state index >= 15 is 0 Å². The number of esters is 1. The minimum atomic E-state index is -0.981. The van der Waals surface area contributed by atoms with Gasteiger partial charge in [-0.15, -0.1) is 0 Å². The van der Waals surface area contributed by atoms with Crippen molar-refractivity contribution in [1.82, 2.24) is 0 Å². The first-order chi connectivity index (χ1) is 9.10. The molecule has 0 aliphatic carbocycles. The summed E-state index contributed by atoms with van der Waals surface area (Å²) >= 11 is 0. The fourth-order valence-electron chi connectivity index (χ4n) is 1.70. The van der Waals surface area contributed by atoms with Gasteiger partial charge in [0.15, 0.2) is 0 Å². The summed E-state index contributed by atoms with van der Waals surface area (Å²) < 4.78 is 4.81. The standard InChI is InChI=1S/C15H28O4/c1-3-4-5-6-7-8-13(2)9-10-15(18)19-12-14(17)11-16/h14,16-17H,2-12H2,1H3. The molecule has 0 fully saturated rings. The van der Waals surface area contributed by atoms with E-state index < -0.39 is 12.7 Å². The fraction of sp³-hybridized carbons (Fsp3) is 0.800. The van der Waals surface area contributed by atoms with Gasteiger partial charge >= 0.3 is 5.97 Å². The van der Waals surface area contributed by atoms with E-state index in [9.17, 15) is 4.79 Å². The van der Waals surface area contributed by atoms with Crippen LogP contribution < -0.4 is 0 Å². The first kappa shape index (κ1) is 18.1. The Labute approximate surface area is 116 Å². The zero-order valence-corrected chi connectivity index (χ0v) is 12.1. The number of ether oxygens (including phenoxy) is 1. The van der Waals surface area contributed by atoms with Crippen molar-refractivity contribution in [3.8, 4) is 0 Å². The van der Waals surface area contributed by atoms with Gasteiger partial charge in [0.05, 0.1) is 6.61 Å². The summed E-state index contributed by atoms with van der Waals surface area (Å²) in [6.45, 7) is 5.62. The van der Waals surface area contributed by atoms with E-state index in [2.05, 4.69) is 13.5 Å². The smallest absolute Gasteiger partial charge is 0.306 e. The van der Waals surface area contributed by atoms with Gasteiger partial charge < -0.3 is 14.9 Å². The van der Waals surface area contributed by atoms with Gasteiger partial charge in [-0.2, -0.15) is 0 Å². The molecular formula is C15H28O4. The zero-order valence-electron chi connectivity index (χ0n) is 12.1. The summed E-state index contributed by atoms with van der Waals surface area (Å²) in [6.07, 6.45) is 7.08. The second-order valence-electron chi connectivity index (χ2n) is 4.93. The Hall–Kier alpha value is -0.870. The van der Waals surface area contributed by atoms with Gasteiger partial charge in [-0.1, -0.05) is 44.8 Å². The maximum Gasteiger partial charge on any atom is 0.306 e. The van der Waals surface area contributed by atoms with Crippen molar-refractivity contribution in [2.75, 3.05) is 13.2 Å². The zero-order chi connectivity index (χ0) is 14.5. The Balaban J connectivity index is 3.48. The van der Waals surface area contributed by atoms with Gasteiger partial charge in [0.2, 0.25) is 0 Å². The van der Waals surface area contributed by atoms with Crippen LogP contribution in [0.15, 0.2) is 12.2 Å². The van der Waals surface area contributed by atoms with Crippen LogP contribution in [0.5, 0.6) is 0 Å². The molecule has 0 aliphatic heterocycles. The van der Waals surface area contributed by atoms with Crippen LogP contribution in [0.25, 0.3) is 0 Å². The van der Waals surface area contributed by atoms with E-state index in [0.717, 1.165) is 18.4 Å². The van der Waals surface area contributed by atoms with Crippen LogP contribution in [-0.4, -0.2) is 35.5 Å². The summed E-state index contributed by atoms with van der Waals surface area (Å²) in [6, 6.07) is 0. The Morgan fingerprint density at radius 1 is 1.16 bits per heavy atom. The normalized spacial score (nSPS) is 12.2. The van der Waals surface area contributed by atoms with E-state index in [4.69, 9.17) is 14.9 Å². The maximum atomic E-state index is 11.3. The molecule has 0 aromatic heterocycles. The molecule has 0 rings (SSSR count). The molecule has 0 aromatic rings. The Kier molecular flexibility index (Phi) is 11.6. The largest absolute Gasteiger partial charge is 0.463 e. The highest BCUT2D eigenvalue weighted by Gasteiger charge is 2.08. The molecule has 0 saturated heterocycles. The average molecular weight is 272 g/mol. The van der Waals surface area contributed by atoms with Crippen molar-refractivity contribution in [1.29, 1.82) is 0 Å². The molecule has 0 aliphatic rings. The number of carbonyl (C=O) groups is 1. The third kappa shape index (κ3) is 11.9. The lowest BCUT2D eigenvalue weighted by atomic mass is 10.0. The highest BCUT2D eigenvalue weighted by atomic mass is 16.5. The molecule has 112 valence electrons. The number of allylic oxidation sites excluding steroid dienone is 1. The number of unbranched alkanes of at least 4 members (excludes halogenated alkanes) is 4. The van der Waals surface area contributed by atoms with Crippen LogP contribution in [0.4, 0.5) is 0 Å². The van der Waals surface area contributed by atoms with Crippen LogP contribution in [-0.2, 0) is 9.53 Å². The van der Waals surface area contributed by atoms with Crippen LogP contribution >= 0.6 is 0 Å². The summed E-state index contributed by atoms with van der Waals surface area (Å²) in [4.78, 5) is 11.3. The van der Waals surface area contributed by atoms with E-state index in [-0.39, 0.29) is 12.6 Å². The highest BCUT2D eigenvalue weighted by Crippen LogP contribution is 2.14. The van der Waals surface area contributed by atoms with Crippen molar-refractivity contribution in [2.45, 2.75) is 64.4 Å². The topological polar surface area (TPSA) is 66.8 Å². The second-order valence-corrected chi connectivity index (χ2v) is 4.93. The lowest BCUT2D eigenvalue weighted by Gasteiger charge is -2.09. The first-order valence-electron chi connectivity index (χ1n) is 7.21. The van der Waals surface area contributed by atoms with E-state index in [1.165, 1.54) is 25.7 Å². The predicted molar refractivity (Wildman–Crippen MR) is 75.8 cm³/mol. The molecule has 19 heavy (non-hydrogen) atoms. The first-order valence-corrected chi connectivity index (χ1v) is 7.21. The van der Waals surface area contributed by atoms with Crippen molar-refractivity contribution in [3.05, 3.63) is 12.2 Å². The van der Waals surface area contributed by atoms with E-state index in [1.54, 1.807) is 0 Å². The van der Waals surface area contributed by atoms with Crippen molar-refractivity contribution in [2.24, 2.45) is 0 Å². The molecule has 0 radical (unpaired) electrons. The monoisotopic (exact) mass is 272 g/mol. The van der Waals surface area contributed by atoms with Gasteiger partial charge in [-0.3, -0.25) is 4.79 Å². The van der Waals surface area contributed by atoms with Crippen molar-refractivity contribution in [3.63, 3.8) is 0 Å². The van der Waals surface area contributed by atoms with Crippen molar-refractivity contribution >= 4 is 5.97 Å². The summed E-state index contributed by atoms with van der Waals surface area (Å²) in [5, 5.41) is 17.6. The fourth-order valence-corrected chi connectivity index (χ4v) is 1.70. The van der Waals surface area contributed by atoms with Crippen LogP contribution in [0, 0.1) is 0 Å². The molecule has 0 spiro atoms. The molecule has 0 saturated carbocycles. The Morgan fingerprint density at radius 3 is 2.47 bits per heavy atom. The SMILES string of the molecule is C=C(CCCCCCC)CCC(=O)OCC(O)CO. The molecule has 1 atom stereocenters. The lowest BCUT2D eigenvalue weighted by molar-refractivity contribution is -0.147. The van der Waals surface area contributed by atoms with Crippen LogP contribution in [0.2, 0.25) is 0 Å². The van der Waals surface area contributed by atoms with Gasteiger partial charge in [0.1, 0.15) is 12.7 Å². The van der Waals surface area contributed by atoms with Gasteiger partial charge in [-0.25, -0.2) is 0 Å². The second kappa shape index (κ2) is 12.2. The Morgan fingerprint density at radius 2 is 1.84 bits per heavy atom. The molecule has 4 nitrogen and oxygen atoms in total. The van der Waals surface area contributed by atoms with Crippen LogP contribution in [0.1, 0.15) is 58.3 Å². The van der Waals surface area contributed by atoms with Gasteiger partial charge in [0.25, 0.3) is 0 Å². The van der Waals surface area contributed by atoms with Crippen LogP contribution in [0.3, 0.4) is 0 Å². The van der Waals surface area contributed by atoms with Crippen molar-refractivity contribution < 1.29 is 19.7 Å². The molecule has 0 heterocycles.